The Morgan fingerprint density at radius 1 is 1.17 bits per heavy atom. The van der Waals surface area contributed by atoms with Gasteiger partial charge in [0.15, 0.2) is 5.82 Å². The fraction of sp³-hybridized carbons (Fsp3) is 0.346. The fourth-order valence-corrected chi connectivity index (χ4v) is 4.17. The van der Waals surface area contributed by atoms with Gasteiger partial charge in [0.25, 0.3) is 5.91 Å². The minimum absolute atomic E-state index is 0.0636. The molecule has 4 heterocycles. The largest absolute Gasteiger partial charge is 0.491 e. The molecular weight excluding hydrogens is 469 g/mol. The molecule has 2 aliphatic heterocycles. The van der Waals surface area contributed by atoms with E-state index in [0.717, 1.165) is 11.1 Å². The van der Waals surface area contributed by atoms with Crippen molar-refractivity contribution in [1.82, 2.24) is 15.3 Å². The van der Waals surface area contributed by atoms with E-state index < -0.39 is 5.82 Å². The van der Waals surface area contributed by atoms with Crippen molar-refractivity contribution >= 4 is 5.91 Å². The molecule has 2 aliphatic rings. The lowest BCUT2D eigenvalue weighted by Crippen LogP contribution is -2.42. The highest BCUT2D eigenvalue weighted by molar-refractivity contribution is 5.94. The SMILES string of the molecule is COc1ncc(-c2cccc3c2C[C@H](NC(=O)c2ccc(OCC4COCCO4)nc2)CO3)cc1F. The Hall–Kier alpha value is -3.76. The maximum absolute atomic E-state index is 14.3. The normalized spacial score (nSPS) is 19.1. The summed E-state index contributed by atoms with van der Waals surface area (Å²) in [6.07, 6.45) is 3.41. The predicted molar refractivity (Wildman–Crippen MR) is 127 cm³/mol. The van der Waals surface area contributed by atoms with Crippen molar-refractivity contribution in [1.29, 1.82) is 0 Å². The molecular formula is C26H26FN3O6. The average Bonchev–Trinajstić information content (AvgIpc) is 2.92. The number of hydrogen-bond donors (Lipinski definition) is 1. The Bertz CT molecular complexity index is 1220. The number of ether oxygens (including phenoxy) is 5. The van der Waals surface area contributed by atoms with Crippen LogP contribution in [0.1, 0.15) is 15.9 Å². The van der Waals surface area contributed by atoms with E-state index in [0.29, 0.717) is 62.2 Å². The van der Waals surface area contributed by atoms with E-state index in [1.165, 1.54) is 19.4 Å². The smallest absolute Gasteiger partial charge is 0.253 e. The molecule has 2 atom stereocenters. The summed E-state index contributed by atoms with van der Waals surface area (Å²) in [4.78, 5) is 21.1. The van der Waals surface area contributed by atoms with Crippen molar-refractivity contribution < 1.29 is 32.9 Å². The molecule has 188 valence electrons. The molecule has 9 nitrogen and oxygen atoms in total. The quantitative estimate of drug-likeness (QED) is 0.534. The van der Waals surface area contributed by atoms with Crippen LogP contribution in [-0.4, -0.2) is 68.2 Å². The number of pyridine rings is 2. The van der Waals surface area contributed by atoms with Crippen molar-refractivity contribution in [2.24, 2.45) is 0 Å². The highest BCUT2D eigenvalue weighted by Crippen LogP contribution is 2.35. The van der Waals surface area contributed by atoms with Crippen molar-refractivity contribution in [2.75, 3.05) is 40.1 Å². The molecule has 0 aliphatic carbocycles. The Kier molecular flexibility index (Phi) is 7.24. The maximum Gasteiger partial charge on any atom is 0.253 e. The van der Waals surface area contributed by atoms with Gasteiger partial charge in [0, 0.05) is 36.0 Å². The molecule has 36 heavy (non-hydrogen) atoms. The average molecular weight is 496 g/mol. The van der Waals surface area contributed by atoms with E-state index in [9.17, 15) is 9.18 Å². The van der Waals surface area contributed by atoms with Gasteiger partial charge in [0.1, 0.15) is 25.1 Å². The third-order valence-electron chi connectivity index (χ3n) is 5.97. The van der Waals surface area contributed by atoms with Gasteiger partial charge in [0.2, 0.25) is 11.8 Å². The van der Waals surface area contributed by atoms with Crippen LogP contribution in [0.4, 0.5) is 4.39 Å². The van der Waals surface area contributed by atoms with Crippen LogP contribution in [0.5, 0.6) is 17.5 Å². The summed E-state index contributed by atoms with van der Waals surface area (Å²) in [5, 5.41) is 3.00. The summed E-state index contributed by atoms with van der Waals surface area (Å²) in [6.45, 7) is 2.27. The van der Waals surface area contributed by atoms with E-state index in [2.05, 4.69) is 15.3 Å². The number of carbonyl (C=O) groups is 1. The first-order valence-electron chi connectivity index (χ1n) is 11.6. The lowest BCUT2D eigenvalue weighted by Gasteiger charge is -2.28. The Balaban J connectivity index is 1.23. The first-order chi connectivity index (χ1) is 17.6. The molecule has 1 amide bonds. The first kappa shape index (κ1) is 24.0. The van der Waals surface area contributed by atoms with E-state index in [4.69, 9.17) is 23.7 Å². The van der Waals surface area contributed by atoms with Gasteiger partial charge in [-0.2, -0.15) is 0 Å². The molecule has 1 fully saturated rings. The molecule has 5 rings (SSSR count). The minimum atomic E-state index is -0.547. The maximum atomic E-state index is 14.3. The zero-order valence-corrected chi connectivity index (χ0v) is 19.7. The lowest BCUT2D eigenvalue weighted by atomic mass is 9.93. The number of hydrogen-bond acceptors (Lipinski definition) is 8. The highest BCUT2D eigenvalue weighted by Gasteiger charge is 2.25. The molecule has 1 aromatic carbocycles. The summed E-state index contributed by atoms with van der Waals surface area (Å²) in [5.41, 5.74) is 2.66. The van der Waals surface area contributed by atoms with Crippen LogP contribution in [0.3, 0.4) is 0 Å². The van der Waals surface area contributed by atoms with Gasteiger partial charge in [-0.3, -0.25) is 4.79 Å². The van der Waals surface area contributed by atoms with Gasteiger partial charge in [0.05, 0.1) is 38.5 Å². The molecule has 1 N–H and O–H groups in total. The predicted octanol–water partition coefficient (Wildman–Crippen LogP) is 2.82. The van der Waals surface area contributed by atoms with E-state index in [1.807, 2.05) is 18.2 Å². The van der Waals surface area contributed by atoms with Crippen LogP contribution >= 0.6 is 0 Å². The molecule has 0 bridgehead atoms. The summed E-state index contributed by atoms with van der Waals surface area (Å²) in [6, 6.07) is 9.99. The van der Waals surface area contributed by atoms with Crippen molar-refractivity contribution in [3.05, 3.63) is 65.7 Å². The molecule has 0 saturated carbocycles. The highest BCUT2D eigenvalue weighted by atomic mass is 19.1. The van der Waals surface area contributed by atoms with Crippen molar-refractivity contribution in [2.45, 2.75) is 18.6 Å². The number of benzene rings is 1. The number of halogens is 1. The summed E-state index contributed by atoms with van der Waals surface area (Å²) in [7, 11) is 1.37. The number of nitrogens with one attached hydrogen (secondary N) is 1. The van der Waals surface area contributed by atoms with Crippen LogP contribution in [0.2, 0.25) is 0 Å². The van der Waals surface area contributed by atoms with Crippen molar-refractivity contribution in [3.63, 3.8) is 0 Å². The summed E-state index contributed by atoms with van der Waals surface area (Å²) in [5.74, 6) is 0.218. The van der Waals surface area contributed by atoms with Crippen molar-refractivity contribution in [3.8, 4) is 28.6 Å². The third-order valence-corrected chi connectivity index (χ3v) is 5.97. The molecule has 1 unspecified atom stereocenters. The number of nitrogens with zero attached hydrogens (tertiary/aromatic N) is 2. The van der Waals surface area contributed by atoms with Gasteiger partial charge in [-0.15, -0.1) is 0 Å². The third kappa shape index (κ3) is 5.39. The zero-order valence-electron chi connectivity index (χ0n) is 19.7. The molecule has 1 saturated heterocycles. The van der Waals surface area contributed by atoms with Crippen LogP contribution in [-0.2, 0) is 15.9 Å². The summed E-state index contributed by atoms with van der Waals surface area (Å²) < 4.78 is 41.6. The number of aromatic nitrogens is 2. The van der Waals surface area contributed by atoms with Gasteiger partial charge in [-0.05, 0) is 23.8 Å². The fourth-order valence-electron chi connectivity index (χ4n) is 4.17. The molecule has 0 radical (unpaired) electrons. The zero-order chi connectivity index (χ0) is 24.9. The second-order valence-corrected chi connectivity index (χ2v) is 8.45. The van der Waals surface area contributed by atoms with Gasteiger partial charge < -0.3 is 29.0 Å². The Morgan fingerprint density at radius 2 is 2.08 bits per heavy atom. The van der Waals surface area contributed by atoms with E-state index >= 15 is 0 Å². The van der Waals surface area contributed by atoms with Crippen LogP contribution < -0.4 is 19.5 Å². The number of amides is 1. The monoisotopic (exact) mass is 495 g/mol. The van der Waals surface area contributed by atoms with Gasteiger partial charge in [-0.1, -0.05) is 12.1 Å². The van der Waals surface area contributed by atoms with E-state index in [1.54, 1.807) is 18.3 Å². The molecule has 10 heteroatoms. The van der Waals surface area contributed by atoms with Crippen LogP contribution in [0, 0.1) is 5.82 Å². The second-order valence-electron chi connectivity index (χ2n) is 8.45. The Labute approximate surface area is 207 Å². The molecule has 0 spiro atoms. The molecule has 3 aromatic rings. The van der Waals surface area contributed by atoms with Crippen LogP contribution in [0.25, 0.3) is 11.1 Å². The van der Waals surface area contributed by atoms with E-state index in [-0.39, 0.29) is 23.9 Å². The van der Waals surface area contributed by atoms with Gasteiger partial charge >= 0.3 is 0 Å². The lowest BCUT2D eigenvalue weighted by molar-refractivity contribution is -0.102. The topological polar surface area (TPSA) is 101 Å². The molecule has 2 aromatic heterocycles. The number of methoxy groups -OCH3 is 1. The van der Waals surface area contributed by atoms with Crippen LogP contribution in [0.15, 0.2) is 48.8 Å². The minimum Gasteiger partial charge on any atom is -0.491 e. The standard InChI is InChI=1S/C26H26FN3O6/c1-32-26-22(27)9-17(12-29-26)20-3-2-4-23-21(20)10-18(13-35-23)30-25(31)16-5-6-24(28-11-16)36-15-19-14-33-7-8-34-19/h2-6,9,11-12,18-19H,7-8,10,13-15H2,1H3,(H,30,31)/t18-,19?/m0/s1. The number of fused-ring (bicyclic) bond motifs is 1. The number of rotatable bonds is 7. The number of carbonyl (C=O) groups excluding carboxylic acids is 1. The van der Waals surface area contributed by atoms with Gasteiger partial charge in [-0.25, -0.2) is 14.4 Å². The first-order valence-corrected chi connectivity index (χ1v) is 11.6. The summed E-state index contributed by atoms with van der Waals surface area (Å²) >= 11 is 0. The second kappa shape index (κ2) is 10.9. The Morgan fingerprint density at radius 3 is 2.83 bits per heavy atom.